The van der Waals surface area contributed by atoms with Crippen molar-refractivity contribution < 1.29 is 22.6 Å². The number of fused-ring (bicyclic) bond motifs is 1. The van der Waals surface area contributed by atoms with E-state index in [2.05, 4.69) is 15.2 Å². The van der Waals surface area contributed by atoms with Crippen LogP contribution in [0.15, 0.2) is 89.2 Å². The summed E-state index contributed by atoms with van der Waals surface area (Å²) >= 11 is 0. The molecule has 0 spiro atoms. The number of rotatable bonds is 5. The average molecular weight is 468 g/mol. The van der Waals surface area contributed by atoms with Crippen LogP contribution in [0.1, 0.15) is 18.7 Å². The minimum Gasteiger partial charge on any atom is -0.469 e. The van der Waals surface area contributed by atoms with Crippen molar-refractivity contribution in [3.05, 3.63) is 100 Å². The van der Waals surface area contributed by atoms with E-state index >= 15 is 0 Å². The predicted molar refractivity (Wildman–Crippen MR) is 118 cm³/mol. The fraction of sp³-hybridized carbons (Fsp3) is 0.167. The molecular formula is C24H19F3N4O3. The van der Waals surface area contributed by atoms with E-state index in [0.717, 1.165) is 11.3 Å². The number of nitrogens with one attached hydrogen (secondary N) is 1. The van der Waals surface area contributed by atoms with Crippen molar-refractivity contribution in [2.75, 3.05) is 0 Å². The van der Waals surface area contributed by atoms with Crippen LogP contribution in [0.5, 0.6) is 5.75 Å². The average Bonchev–Trinajstić information content (AvgIpc) is 3.33. The van der Waals surface area contributed by atoms with Crippen LogP contribution >= 0.6 is 0 Å². The third kappa shape index (κ3) is 4.34. The molecule has 5 rings (SSSR count). The Bertz CT molecular complexity index is 1420. The van der Waals surface area contributed by atoms with Crippen molar-refractivity contribution in [2.24, 2.45) is 0 Å². The number of aromatic nitrogens is 3. The SMILES string of the molecule is CC1=C(Cn2nc3ccc(-c4ccc(OC(F)(F)F)cc4)cn3c2=O)NC(c2ccccc2)O1. The molecule has 0 aliphatic carbocycles. The summed E-state index contributed by atoms with van der Waals surface area (Å²) in [4.78, 5) is 13.0. The molecule has 2 aromatic carbocycles. The number of pyridine rings is 1. The molecule has 174 valence electrons. The Hall–Kier alpha value is -4.21. The number of alkyl halides is 3. The number of benzene rings is 2. The van der Waals surface area contributed by atoms with Crippen LogP contribution in [0.4, 0.5) is 13.2 Å². The van der Waals surface area contributed by atoms with Gasteiger partial charge in [-0.15, -0.1) is 18.3 Å². The molecule has 0 saturated heterocycles. The van der Waals surface area contributed by atoms with E-state index in [-0.39, 0.29) is 24.2 Å². The lowest BCUT2D eigenvalue weighted by Crippen LogP contribution is -2.26. The Labute approximate surface area is 191 Å². The maximum Gasteiger partial charge on any atom is 0.573 e. The van der Waals surface area contributed by atoms with E-state index in [4.69, 9.17) is 4.74 Å². The quantitative estimate of drug-likeness (QED) is 0.463. The highest BCUT2D eigenvalue weighted by atomic mass is 19.4. The van der Waals surface area contributed by atoms with Crippen LogP contribution in [-0.4, -0.2) is 20.5 Å². The number of nitrogens with zero attached hydrogens (tertiary/aromatic N) is 3. The van der Waals surface area contributed by atoms with Crippen LogP contribution in [-0.2, 0) is 11.3 Å². The zero-order valence-corrected chi connectivity index (χ0v) is 17.9. The summed E-state index contributed by atoms with van der Waals surface area (Å²) in [6.07, 6.45) is -3.48. The monoisotopic (exact) mass is 468 g/mol. The summed E-state index contributed by atoms with van der Waals surface area (Å²) in [5.41, 5.74) is 3.10. The van der Waals surface area contributed by atoms with Crippen LogP contribution in [0, 0.1) is 0 Å². The summed E-state index contributed by atoms with van der Waals surface area (Å²) in [5.74, 6) is 0.366. The first-order valence-electron chi connectivity index (χ1n) is 10.4. The first kappa shape index (κ1) is 21.6. The molecule has 3 heterocycles. The lowest BCUT2D eigenvalue weighted by atomic mass is 10.1. The highest BCUT2D eigenvalue weighted by Crippen LogP contribution is 2.28. The van der Waals surface area contributed by atoms with Crippen LogP contribution in [0.25, 0.3) is 16.8 Å². The van der Waals surface area contributed by atoms with Gasteiger partial charge >= 0.3 is 12.1 Å². The van der Waals surface area contributed by atoms with E-state index < -0.39 is 6.36 Å². The molecule has 1 N–H and O–H groups in total. The lowest BCUT2D eigenvalue weighted by Gasteiger charge is -2.13. The van der Waals surface area contributed by atoms with Gasteiger partial charge < -0.3 is 14.8 Å². The van der Waals surface area contributed by atoms with E-state index in [1.54, 1.807) is 18.3 Å². The molecule has 0 radical (unpaired) electrons. The zero-order chi connectivity index (χ0) is 23.9. The number of halogens is 3. The van der Waals surface area contributed by atoms with Crippen LogP contribution < -0.4 is 15.7 Å². The van der Waals surface area contributed by atoms with Crippen molar-refractivity contribution in [1.29, 1.82) is 0 Å². The Morgan fingerprint density at radius 2 is 1.74 bits per heavy atom. The normalized spacial score (nSPS) is 15.9. The molecule has 0 bridgehead atoms. The maximum atomic E-state index is 13.0. The first-order chi connectivity index (χ1) is 16.3. The van der Waals surface area contributed by atoms with E-state index in [1.165, 1.54) is 33.3 Å². The molecule has 0 fully saturated rings. The maximum absolute atomic E-state index is 13.0. The van der Waals surface area contributed by atoms with Gasteiger partial charge in [0.05, 0.1) is 12.2 Å². The zero-order valence-electron chi connectivity index (χ0n) is 17.9. The van der Waals surface area contributed by atoms with Gasteiger partial charge in [0.1, 0.15) is 11.5 Å². The highest BCUT2D eigenvalue weighted by Gasteiger charge is 2.31. The molecule has 1 aliphatic rings. The van der Waals surface area contributed by atoms with E-state index in [9.17, 15) is 18.0 Å². The van der Waals surface area contributed by atoms with Crippen LogP contribution in [0.3, 0.4) is 0 Å². The van der Waals surface area contributed by atoms with Gasteiger partial charge in [-0.05, 0) is 42.3 Å². The Balaban J connectivity index is 1.37. The van der Waals surface area contributed by atoms with Gasteiger partial charge in [-0.3, -0.25) is 0 Å². The van der Waals surface area contributed by atoms with Gasteiger partial charge in [-0.1, -0.05) is 42.5 Å². The van der Waals surface area contributed by atoms with Crippen molar-refractivity contribution in [2.45, 2.75) is 26.1 Å². The molecule has 7 nitrogen and oxygen atoms in total. The number of ether oxygens (including phenoxy) is 2. The molecule has 0 amide bonds. The Morgan fingerprint density at radius 1 is 1.03 bits per heavy atom. The van der Waals surface area contributed by atoms with Gasteiger partial charge in [0.2, 0.25) is 0 Å². The van der Waals surface area contributed by atoms with Crippen molar-refractivity contribution >= 4 is 5.65 Å². The van der Waals surface area contributed by atoms with Crippen molar-refractivity contribution in [3.63, 3.8) is 0 Å². The fourth-order valence-corrected chi connectivity index (χ4v) is 3.76. The third-order valence-electron chi connectivity index (χ3n) is 5.43. The summed E-state index contributed by atoms with van der Waals surface area (Å²) in [6, 6.07) is 18.6. The molecular weight excluding hydrogens is 449 g/mol. The second-order valence-electron chi connectivity index (χ2n) is 7.75. The third-order valence-corrected chi connectivity index (χ3v) is 5.43. The van der Waals surface area contributed by atoms with E-state index in [1.807, 2.05) is 37.3 Å². The molecule has 4 aromatic rings. The molecule has 34 heavy (non-hydrogen) atoms. The van der Waals surface area contributed by atoms with Crippen molar-refractivity contribution in [1.82, 2.24) is 19.5 Å². The highest BCUT2D eigenvalue weighted by molar-refractivity contribution is 5.65. The van der Waals surface area contributed by atoms with Gasteiger partial charge in [0.15, 0.2) is 11.9 Å². The Kier molecular flexibility index (Phi) is 5.27. The number of allylic oxidation sites excluding steroid dienone is 2. The lowest BCUT2D eigenvalue weighted by molar-refractivity contribution is -0.274. The summed E-state index contributed by atoms with van der Waals surface area (Å²) in [7, 11) is 0. The van der Waals surface area contributed by atoms with Crippen LogP contribution in [0.2, 0.25) is 0 Å². The summed E-state index contributed by atoms with van der Waals surface area (Å²) < 4.78 is 49.7. The minimum absolute atomic E-state index is 0.203. The molecule has 1 atom stereocenters. The van der Waals surface area contributed by atoms with E-state index in [0.29, 0.717) is 22.5 Å². The summed E-state index contributed by atoms with van der Waals surface area (Å²) in [6.45, 7) is 2.03. The molecule has 10 heteroatoms. The van der Waals surface area contributed by atoms with Gasteiger partial charge in [-0.2, -0.15) is 0 Å². The van der Waals surface area contributed by atoms with Gasteiger partial charge in [0, 0.05) is 11.8 Å². The largest absolute Gasteiger partial charge is 0.573 e. The van der Waals surface area contributed by atoms with Gasteiger partial charge in [0.25, 0.3) is 0 Å². The van der Waals surface area contributed by atoms with Gasteiger partial charge in [-0.25, -0.2) is 13.9 Å². The van der Waals surface area contributed by atoms with Crippen molar-refractivity contribution in [3.8, 4) is 16.9 Å². The molecule has 1 unspecified atom stereocenters. The fourth-order valence-electron chi connectivity index (χ4n) is 3.76. The minimum atomic E-state index is -4.75. The first-order valence-corrected chi connectivity index (χ1v) is 10.4. The number of hydrogen-bond donors (Lipinski definition) is 1. The summed E-state index contributed by atoms with van der Waals surface area (Å²) in [5, 5.41) is 7.68. The topological polar surface area (TPSA) is 69.8 Å². The molecule has 0 saturated carbocycles. The smallest absolute Gasteiger partial charge is 0.469 e. The second kappa shape index (κ2) is 8.29. The Morgan fingerprint density at radius 3 is 2.44 bits per heavy atom. The molecule has 1 aliphatic heterocycles. The molecule has 2 aromatic heterocycles. The predicted octanol–water partition coefficient (Wildman–Crippen LogP) is 4.61. The number of hydrogen-bond acceptors (Lipinski definition) is 5. The second-order valence-corrected chi connectivity index (χ2v) is 7.75. The standard InChI is InChI=1S/C24H19F3N4O3/c1-15-20(28-22(33-15)17-5-3-2-4-6-17)14-31-23(32)30-13-18(9-12-21(30)29-31)16-7-10-19(11-8-16)34-24(25,26)27/h2-13,22,28H,14H2,1H3.